The van der Waals surface area contributed by atoms with Gasteiger partial charge < -0.3 is 10.2 Å². The largest absolute Gasteiger partial charge is 0.349 e. The molecule has 6 heteroatoms. The van der Waals surface area contributed by atoms with Gasteiger partial charge in [-0.1, -0.05) is 30.3 Å². The number of aromatic nitrogens is 3. The van der Waals surface area contributed by atoms with Gasteiger partial charge >= 0.3 is 0 Å². The van der Waals surface area contributed by atoms with Gasteiger partial charge in [0.2, 0.25) is 0 Å². The van der Waals surface area contributed by atoms with Gasteiger partial charge in [-0.2, -0.15) is 5.10 Å². The highest BCUT2D eigenvalue weighted by Gasteiger charge is 2.39. The highest BCUT2D eigenvalue weighted by Crippen LogP contribution is 2.34. The zero-order valence-corrected chi connectivity index (χ0v) is 17.9. The summed E-state index contributed by atoms with van der Waals surface area (Å²) in [6.07, 6.45) is 4.57. The maximum atomic E-state index is 13.3. The molecule has 0 spiro atoms. The van der Waals surface area contributed by atoms with E-state index >= 15 is 0 Å². The summed E-state index contributed by atoms with van der Waals surface area (Å²) in [6.45, 7) is 4.55. The number of fused-ring (bicyclic) bond motifs is 3. The number of piperidine rings is 1. The van der Waals surface area contributed by atoms with Crippen molar-refractivity contribution in [2.45, 2.75) is 64.2 Å². The van der Waals surface area contributed by atoms with E-state index < -0.39 is 0 Å². The normalized spacial score (nSPS) is 23.8. The van der Waals surface area contributed by atoms with Gasteiger partial charge in [0.15, 0.2) is 5.65 Å². The molecule has 1 N–H and O–H groups in total. The Labute approximate surface area is 177 Å². The van der Waals surface area contributed by atoms with Crippen LogP contribution < -0.4 is 5.32 Å². The molecule has 156 valence electrons. The van der Waals surface area contributed by atoms with Crippen molar-refractivity contribution in [3.63, 3.8) is 0 Å². The highest BCUT2D eigenvalue weighted by molar-refractivity contribution is 6.06. The minimum Gasteiger partial charge on any atom is -0.349 e. The molecule has 0 aliphatic carbocycles. The number of pyridine rings is 1. The van der Waals surface area contributed by atoms with Crippen molar-refractivity contribution in [2.75, 3.05) is 7.05 Å². The molecule has 5 rings (SSSR count). The summed E-state index contributed by atoms with van der Waals surface area (Å²) >= 11 is 0. The topological polar surface area (TPSA) is 63.1 Å². The number of aryl methyl sites for hydroxylation is 2. The Morgan fingerprint density at radius 3 is 2.53 bits per heavy atom. The number of carbonyl (C=O) groups is 1. The Bertz CT molecular complexity index is 1080. The van der Waals surface area contributed by atoms with E-state index in [2.05, 4.69) is 29.4 Å². The van der Waals surface area contributed by atoms with Crippen molar-refractivity contribution in [3.8, 4) is 0 Å². The van der Waals surface area contributed by atoms with Crippen molar-refractivity contribution < 1.29 is 4.79 Å². The molecule has 2 aliphatic rings. The number of hydrogen-bond donors (Lipinski definition) is 1. The lowest BCUT2D eigenvalue weighted by Crippen LogP contribution is -2.48. The molecule has 2 aliphatic heterocycles. The van der Waals surface area contributed by atoms with Crippen LogP contribution in [0.15, 0.2) is 36.4 Å². The van der Waals surface area contributed by atoms with E-state index in [0.29, 0.717) is 24.2 Å². The number of carbonyl (C=O) groups excluding carboxylic acids is 1. The third kappa shape index (κ3) is 3.39. The molecule has 2 fully saturated rings. The predicted octanol–water partition coefficient (Wildman–Crippen LogP) is 3.45. The van der Waals surface area contributed by atoms with Crippen LogP contribution in [0.2, 0.25) is 0 Å². The SMILES string of the molecule is Cc1cc(C(=O)NC2C[C@@H]3CC[C@@H](C2)N3C)c2c(C)nn(Cc3ccccc3)c2n1. The second-order valence-electron chi connectivity index (χ2n) is 8.93. The summed E-state index contributed by atoms with van der Waals surface area (Å²) in [7, 11) is 2.22. The highest BCUT2D eigenvalue weighted by atomic mass is 16.1. The average Bonchev–Trinajstić information content (AvgIpc) is 3.12. The Morgan fingerprint density at radius 2 is 1.83 bits per heavy atom. The summed E-state index contributed by atoms with van der Waals surface area (Å²) in [5, 5.41) is 8.92. The number of rotatable bonds is 4. The van der Waals surface area contributed by atoms with Crippen LogP contribution >= 0.6 is 0 Å². The molecule has 0 unspecified atom stereocenters. The van der Waals surface area contributed by atoms with Gasteiger partial charge in [-0.05, 0) is 58.2 Å². The van der Waals surface area contributed by atoms with Crippen LogP contribution in [0.25, 0.3) is 11.0 Å². The zero-order chi connectivity index (χ0) is 20.8. The zero-order valence-electron chi connectivity index (χ0n) is 17.9. The number of nitrogens with zero attached hydrogens (tertiary/aromatic N) is 4. The molecule has 1 amide bonds. The molecule has 30 heavy (non-hydrogen) atoms. The summed E-state index contributed by atoms with van der Waals surface area (Å²) < 4.78 is 1.92. The fourth-order valence-corrected chi connectivity index (χ4v) is 5.32. The summed E-state index contributed by atoms with van der Waals surface area (Å²) in [5.41, 5.74) is 4.33. The first-order chi connectivity index (χ1) is 14.5. The molecule has 2 atom stereocenters. The molecule has 3 aromatic rings. The van der Waals surface area contributed by atoms with Crippen LogP contribution in [-0.2, 0) is 6.54 Å². The molecule has 1 aromatic carbocycles. The second-order valence-corrected chi connectivity index (χ2v) is 8.93. The monoisotopic (exact) mass is 403 g/mol. The van der Waals surface area contributed by atoms with E-state index in [4.69, 9.17) is 10.1 Å². The van der Waals surface area contributed by atoms with E-state index in [1.807, 2.05) is 42.8 Å². The van der Waals surface area contributed by atoms with Crippen LogP contribution in [0.4, 0.5) is 0 Å². The van der Waals surface area contributed by atoms with Gasteiger partial charge in [0.05, 0.1) is 23.2 Å². The maximum Gasteiger partial charge on any atom is 0.252 e. The first-order valence-corrected chi connectivity index (χ1v) is 10.9. The van der Waals surface area contributed by atoms with Crippen molar-refractivity contribution >= 4 is 16.9 Å². The number of amides is 1. The molecule has 2 bridgehead atoms. The molecular formula is C24H29N5O. The molecule has 2 saturated heterocycles. The third-order valence-electron chi connectivity index (χ3n) is 6.86. The van der Waals surface area contributed by atoms with Gasteiger partial charge in [-0.25, -0.2) is 9.67 Å². The Balaban J connectivity index is 1.45. The Morgan fingerprint density at radius 1 is 1.13 bits per heavy atom. The van der Waals surface area contributed by atoms with Gasteiger partial charge in [0, 0.05) is 23.8 Å². The van der Waals surface area contributed by atoms with Crippen LogP contribution in [0.5, 0.6) is 0 Å². The fraction of sp³-hybridized carbons (Fsp3) is 0.458. The molecule has 2 aromatic heterocycles. The lowest BCUT2D eigenvalue weighted by Gasteiger charge is -2.36. The summed E-state index contributed by atoms with van der Waals surface area (Å²) in [6, 6.07) is 13.6. The fourth-order valence-electron chi connectivity index (χ4n) is 5.32. The minimum absolute atomic E-state index is 0.00168. The van der Waals surface area contributed by atoms with E-state index in [-0.39, 0.29) is 11.9 Å². The lowest BCUT2D eigenvalue weighted by molar-refractivity contribution is 0.0884. The summed E-state index contributed by atoms with van der Waals surface area (Å²) in [5.74, 6) is 0.00168. The van der Waals surface area contributed by atoms with E-state index in [9.17, 15) is 4.79 Å². The van der Waals surface area contributed by atoms with Gasteiger partial charge in [0.25, 0.3) is 5.91 Å². The van der Waals surface area contributed by atoms with E-state index in [0.717, 1.165) is 40.8 Å². The quantitative estimate of drug-likeness (QED) is 0.725. The maximum absolute atomic E-state index is 13.3. The van der Waals surface area contributed by atoms with Gasteiger partial charge in [-0.15, -0.1) is 0 Å². The van der Waals surface area contributed by atoms with Crippen molar-refractivity contribution in [2.24, 2.45) is 0 Å². The third-order valence-corrected chi connectivity index (χ3v) is 6.86. The number of benzene rings is 1. The van der Waals surface area contributed by atoms with Gasteiger partial charge in [0.1, 0.15) is 0 Å². The van der Waals surface area contributed by atoms with Crippen molar-refractivity contribution in [1.82, 2.24) is 25.0 Å². The first-order valence-electron chi connectivity index (χ1n) is 10.9. The van der Waals surface area contributed by atoms with Crippen LogP contribution in [0, 0.1) is 13.8 Å². The lowest BCUT2D eigenvalue weighted by atomic mass is 9.97. The average molecular weight is 404 g/mol. The molecule has 4 heterocycles. The van der Waals surface area contributed by atoms with Gasteiger partial charge in [-0.3, -0.25) is 4.79 Å². The molecule has 6 nitrogen and oxygen atoms in total. The molecule has 0 saturated carbocycles. The van der Waals surface area contributed by atoms with Crippen LogP contribution in [0.3, 0.4) is 0 Å². The summed E-state index contributed by atoms with van der Waals surface area (Å²) in [4.78, 5) is 20.6. The second kappa shape index (κ2) is 7.51. The predicted molar refractivity (Wildman–Crippen MR) is 118 cm³/mol. The minimum atomic E-state index is 0.00168. The van der Waals surface area contributed by atoms with E-state index in [1.165, 1.54) is 12.8 Å². The van der Waals surface area contributed by atoms with Crippen molar-refractivity contribution in [1.29, 1.82) is 0 Å². The Hall–Kier alpha value is -2.73. The molecular weight excluding hydrogens is 374 g/mol. The Kier molecular flexibility index (Phi) is 4.82. The number of hydrogen-bond acceptors (Lipinski definition) is 4. The van der Waals surface area contributed by atoms with Crippen LogP contribution in [-0.4, -0.2) is 50.7 Å². The standard InChI is InChI=1S/C24H29N5O/c1-15-11-21(24(30)26-18-12-19-9-10-20(13-18)28(19)3)22-16(2)27-29(23(22)25-15)14-17-7-5-4-6-8-17/h4-8,11,18-20H,9-10,12-14H2,1-3H3,(H,26,30)/t19-,20-/m0/s1. The van der Waals surface area contributed by atoms with Crippen molar-refractivity contribution in [3.05, 3.63) is 58.9 Å². The smallest absolute Gasteiger partial charge is 0.252 e. The first kappa shape index (κ1) is 19.2. The number of nitrogens with one attached hydrogen (secondary N) is 1. The molecule has 0 radical (unpaired) electrons. The van der Waals surface area contributed by atoms with E-state index in [1.54, 1.807) is 0 Å². The van der Waals surface area contributed by atoms with Crippen LogP contribution in [0.1, 0.15) is 53.0 Å².